The highest BCUT2D eigenvalue weighted by Gasteiger charge is 2.58. The standard InChI is InChI=1S/C19H28N4O2.HI/c1-3-4-11-10-14(11)22-19(20-2)21-7-8-23-17(24)15-12-5-6-13(9-12)16(15)18(23)25;/h5-6,11-16H,3-4,7-10H2,1-2H3,(H2,20,21,22);1H. The third-order valence-corrected chi connectivity index (χ3v) is 6.32. The lowest BCUT2D eigenvalue weighted by atomic mass is 9.85. The fourth-order valence-corrected chi connectivity index (χ4v) is 4.96. The van der Waals surface area contributed by atoms with E-state index in [1.165, 1.54) is 24.2 Å². The number of fused-ring (bicyclic) bond motifs is 5. The molecule has 0 aromatic rings. The van der Waals surface area contributed by atoms with Gasteiger partial charge in [0.25, 0.3) is 0 Å². The molecule has 6 nitrogen and oxygen atoms in total. The van der Waals surface area contributed by atoms with Crippen molar-refractivity contribution in [2.45, 2.75) is 38.6 Å². The Kier molecular flexibility index (Phi) is 5.94. The van der Waals surface area contributed by atoms with Crippen LogP contribution in [0.15, 0.2) is 17.1 Å². The van der Waals surface area contributed by atoms with E-state index in [1.54, 1.807) is 7.05 Å². The van der Waals surface area contributed by atoms with Gasteiger partial charge in [0.15, 0.2) is 5.96 Å². The molecule has 4 aliphatic rings. The maximum absolute atomic E-state index is 12.6. The van der Waals surface area contributed by atoms with E-state index in [2.05, 4.69) is 34.7 Å². The van der Waals surface area contributed by atoms with Gasteiger partial charge in [0.1, 0.15) is 0 Å². The molecule has 7 heteroatoms. The number of likely N-dealkylation sites (tertiary alicyclic amines) is 1. The number of nitrogens with one attached hydrogen (secondary N) is 2. The van der Waals surface area contributed by atoms with E-state index >= 15 is 0 Å². The highest BCUT2D eigenvalue weighted by molar-refractivity contribution is 14.0. The summed E-state index contributed by atoms with van der Waals surface area (Å²) in [6.07, 6.45) is 8.92. The van der Waals surface area contributed by atoms with Crippen LogP contribution in [0.4, 0.5) is 0 Å². The number of nitrogens with zero attached hydrogens (tertiary/aromatic N) is 2. The van der Waals surface area contributed by atoms with Crippen LogP contribution >= 0.6 is 24.0 Å². The molecule has 2 bridgehead atoms. The van der Waals surface area contributed by atoms with Crippen LogP contribution in [0.5, 0.6) is 0 Å². The van der Waals surface area contributed by atoms with Crippen LogP contribution in [-0.2, 0) is 9.59 Å². The summed E-state index contributed by atoms with van der Waals surface area (Å²) in [4.78, 5) is 31.0. The largest absolute Gasteiger partial charge is 0.355 e. The van der Waals surface area contributed by atoms with Crippen molar-refractivity contribution < 1.29 is 9.59 Å². The number of guanidine groups is 1. The second kappa shape index (κ2) is 7.86. The molecule has 144 valence electrons. The molecular weight excluding hydrogens is 443 g/mol. The number of allylic oxidation sites excluding steroid dienone is 2. The number of halogens is 1. The third kappa shape index (κ3) is 3.39. The summed E-state index contributed by atoms with van der Waals surface area (Å²) in [6, 6.07) is 0.516. The van der Waals surface area contributed by atoms with Crippen LogP contribution in [0.1, 0.15) is 32.6 Å². The molecule has 26 heavy (non-hydrogen) atoms. The van der Waals surface area contributed by atoms with Crippen molar-refractivity contribution in [3.8, 4) is 0 Å². The Labute approximate surface area is 172 Å². The fourth-order valence-electron chi connectivity index (χ4n) is 4.96. The fraction of sp³-hybridized carbons (Fsp3) is 0.737. The van der Waals surface area contributed by atoms with E-state index in [4.69, 9.17) is 0 Å². The lowest BCUT2D eigenvalue weighted by Crippen LogP contribution is -2.44. The average Bonchev–Trinajstić information content (AvgIpc) is 2.96. The highest BCUT2D eigenvalue weighted by atomic mass is 127. The summed E-state index contributed by atoms with van der Waals surface area (Å²) in [6.45, 7) is 3.18. The quantitative estimate of drug-likeness (QED) is 0.203. The van der Waals surface area contributed by atoms with E-state index in [0.29, 0.717) is 19.1 Å². The first kappa shape index (κ1) is 19.6. The Morgan fingerprint density at radius 3 is 2.42 bits per heavy atom. The van der Waals surface area contributed by atoms with E-state index in [-0.39, 0.29) is 59.5 Å². The Morgan fingerprint density at radius 2 is 1.85 bits per heavy atom. The zero-order valence-corrected chi connectivity index (χ0v) is 17.8. The van der Waals surface area contributed by atoms with E-state index in [0.717, 1.165) is 18.3 Å². The molecule has 6 atom stereocenters. The molecule has 2 amide bonds. The molecule has 1 aliphatic heterocycles. The van der Waals surface area contributed by atoms with Crippen LogP contribution < -0.4 is 10.6 Å². The first-order valence-corrected chi connectivity index (χ1v) is 9.64. The zero-order valence-electron chi connectivity index (χ0n) is 15.5. The van der Waals surface area contributed by atoms with Crippen molar-refractivity contribution in [2.75, 3.05) is 20.1 Å². The predicted molar refractivity (Wildman–Crippen MR) is 111 cm³/mol. The number of hydrogen-bond acceptors (Lipinski definition) is 3. The van der Waals surface area contributed by atoms with Crippen molar-refractivity contribution in [3.05, 3.63) is 12.2 Å². The molecule has 1 saturated heterocycles. The summed E-state index contributed by atoms with van der Waals surface area (Å²) >= 11 is 0. The van der Waals surface area contributed by atoms with Gasteiger partial charge in [-0.1, -0.05) is 25.5 Å². The van der Waals surface area contributed by atoms with E-state index < -0.39 is 0 Å². The molecule has 1 heterocycles. The van der Waals surface area contributed by atoms with Gasteiger partial charge in [-0.25, -0.2) is 0 Å². The van der Waals surface area contributed by atoms with Crippen molar-refractivity contribution in [3.63, 3.8) is 0 Å². The minimum atomic E-state index is -0.0961. The molecule has 6 unspecified atom stereocenters. The molecule has 0 aromatic carbocycles. The first-order chi connectivity index (χ1) is 12.1. The number of rotatable bonds is 6. The van der Waals surface area contributed by atoms with Gasteiger partial charge < -0.3 is 10.6 Å². The van der Waals surface area contributed by atoms with Crippen LogP contribution in [-0.4, -0.2) is 48.9 Å². The summed E-state index contributed by atoms with van der Waals surface area (Å²) in [7, 11) is 1.76. The monoisotopic (exact) mass is 472 g/mol. The van der Waals surface area contributed by atoms with Crippen molar-refractivity contribution in [1.82, 2.24) is 15.5 Å². The first-order valence-electron chi connectivity index (χ1n) is 9.64. The molecular formula is C19H29IN4O2. The maximum atomic E-state index is 12.6. The summed E-state index contributed by atoms with van der Waals surface area (Å²) < 4.78 is 0. The Hall–Kier alpha value is -1.12. The summed E-state index contributed by atoms with van der Waals surface area (Å²) in [5.74, 6) is 1.96. The molecule has 3 fully saturated rings. The molecule has 4 rings (SSSR count). The van der Waals surface area contributed by atoms with Gasteiger partial charge in [-0.2, -0.15) is 0 Å². The van der Waals surface area contributed by atoms with Crippen LogP contribution in [0.2, 0.25) is 0 Å². The molecule has 2 N–H and O–H groups in total. The average molecular weight is 472 g/mol. The van der Waals surface area contributed by atoms with Gasteiger partial charge in [-0.15, -0.1) is 24.0 Å². The SMILES string of the molecule is CCCC1CC1NC(=NC)NCCN1C(=O)C2C3C=CC(C3)C2C1=O.I. The Morgan fingerprint density at radius 1 is 1.19 bits per heavy atom. The van der Waals surface area contributed by atoms with Crippen LogP contribution in [0.25, 0.3) is 0 Å². The number of aliphatic imine (C=N–C) groups is 1. The Balaban J connectivity index is 0.00000196. The predicted octanol–water partition coefficient (Wildman–Crippen LogP) is 1.77. The van der Waals surface area contributed by atoms with Gasteiger partial charge in [0.2, 0.25) is 11.8 Å². The lowest BCUT2D eigenvalue weighted by molar-refractivity contribution is -0.140. The molecule has 0 spiro atoms. The van der Waals surface area contributed by atoms with Crippen molar-refractivity contribution in [1.29, 1.82) is 0 Å². The lowest BCUT2D eigenvalue weighted by Gasteiger charge is -2.18. The number of imide groups is 1. The van der Waals surface area contributed by atoms with E-state index in [9.17, 15) is 9.59 Å². The van der Waals surface area contributed by atoms with Gasteiger partial charge >= 0.3 is 0 Å². The van der Waals surface area contributed by atoms with Gasteiger partial charge in [0.05, 0.1) is 11.8 Å². The summed E-state index contributed by atoms with van der Waals surface area (Å²) in [5, 5.41) is 6.68. The van der Waals surface area contributed by atoms with Crippen LogP contribution in [0, 0.1) is 29.6 Å². The number of carbonyl (C=O) groups excluding carboxylic acids is 2. The van der Waals surface area contributed by atoms with Crippen molar-refractivity contribution >= 4 is 41.8 Å². The minimum Gasteiger partial charge on any atom is -0.355 e. The maximum Gasteiger partial charge on any atom is 0.233 e. The second-order valence-corrected chi connectivity index (χ2v) is 7.86. The summed E-state index contributed by atoms with van der Waals surface area (Å²) in [5.41, 5.74) is 0. The van der Waals surface area contributed by atoms with E-state index in [1.807, 2.05) is 0 Å². The van der Waals surface area contributed by atoms with Gasteiger partial charge in [-0.05, 0) is 37.0 Å². The van der Waals surface area contributed by atoms with Gasteiger partial charge in [0, 0.05) is 26.2 Å². The molecule has 3 aliphatic carbocycles. The number of amides is 2. The zero-order chi connectivity index (χ0) is 17.6. The normalized spacial score (nSPS) is 37.0. The highest BCUT2D eigenvalue weighted by Crippen LogP contribution is 2.52. The second-order valence-electron chi connectivity index (χ2n) is 7.86. The van der Waals surface area contributed by atoms with Crippen molar-refractivity contribution in [2.24, 2.45) is 34.6 Å². The topological polar surface area (TPSA) is 73.8 Å². The minimum absolute atomic E-state index is 0. The molecule has 0 radical (unpaired) electrons. The molecule has 2 saturated carbocycles. The number of carbonyl (C=O) groups is 2. The van der Waals surface area contributed by atoms with Crippen LogP contribution in [0.3, 0.4) is 0 Å². The van der Waals surface area contributed by atoms with Gasteiger partial charge in [-0.3, -0.25) is 19.5 Å². The Bertz CT molecular complexity index is 605. The molecule has 0 aromatic heterocycles. The number of hydrogen-bond donors (Lipinski definition) is 2. The third-order valence-electron chi connectivity index (χ3n) is 6.32. The smallest absolute Gasteiger partial charge is 0.233 e.